The Morgan fingerprint density at radius 1 is 0.500 bits per heavy atom. The first kappa shape index (κ1) is 13.6. The van der Waals surface area contributed by atoms with E-state index in [-0.39, 0.29) is 0 Å². The van der Waals surface area contributed by atoms with E-state index in [0.717, 1.165) is 43.9 Å². The lowest BCUT2D eigenvalue weighted by molar-refractivity contribution is 1.36. The summed E-state index contributed by atoms with van der Waals surface area (Å²) in [7, 11) is 0. The van der Waals surface area contributed by atoms with Crippen LogP contribution in [0.25, 0.3) is 54.6 Å². The minimum absolute atomic E-state index is 0.866. The Morgan fingerprint density at radius 3 is 1.50 bits per heavy atom. The molecule has 4 nitrogen and oxygen atoms in total. The van der Waals surface area contributed by atoms with Crippen molar-refractivity contribution in [3.8, 4) is 0 Å². The summed E-state index contributed by atoms with van der Waals surface area (Å²) in [5.74, 6) is 0. The molecule has 0 N–H and O–H groups in total. The number of rotatable bonds is 0. The molecule has 0 radical (unpaired) electrons. The van der Waals surface area contributed by atoms with Crippen LogP contribution in [0.15, 0.2) is 73.1 Å². The topological polar surface area (TPSA) is 51.6 Å². The molecule has 3 heterocycles. The molecular weight excluding hydrogens is 320 g/mol. The molecule has 0 fully saturated rings. The van der Waals surface area contributed by atoms with E-state index in [9.17, 15) is 0 Å². The van der Waals surface area contributed by atoms with Gasteiger partial charge in [0.1, 0.15) is 0 Å². The fourth-order valence-corrected chi connectivity index (χ4v) is 3.69. The van der Waals surface area contributed by atoms with E-state index in [0.29, 0.717) is 0 Å². The molecule has 3 aromatic heterocycles. The summed E-state index contributed by atoms with van der Waals surface area (Å²) in [4.78, 5) is 19.1. The van der Waals surface area contributed by atoms with E-state index >= 15 is 0 Å². The zero-order valence-electron chi connectivity index (χ0n) is 13.7. The average molecular weight is 332 g/mol. The molecule has 0 amide bonds. The first-order chi connectivity index (χ1) is 12.9. The van der Waals surface area contributed by atoms with E-state index in [1.807, 2.05) is 36.4 Å². The smallest absolute Gasteiger partial charge is 0.0996 e. The maximum Gasteiger partial charge on any atom is 0.0996 e. The molecule has 120 valence electrons. The number of fused-ring (bicyclic) bond motifs is 8. The van der Waals surface area contributed by atoms with Crippen LogP contribution >= 0.6 is 0 Å². The Balaban J connectivity index is 1.91. The van der Waals surface area contributed by atoms with E-state index in [2.05, 4.69) is 34.2 Å². The van der Waals surface area contributed by atoms with Crippen molar-refractivity contribution in [3.63, 3.8) is 0 Å². The highest BCUT2D eigenvalue weighted by Gasteiger charge is 2.13. The largest absolute Gasteiger partial charge is 0.254 e. The molecule has 0 saturated carbocycles. The number of aromatic nitrogens is 4. The van der Waals surface area contributed by atoms with Gasteiger partial charge in [-0.3, -0.25) is 9.97 Å². The lowest BCUT2D eigenvalue weighted by atomic mass is 10.1. The Hall–Kier alpha value is -3.66. The van der Waals surface area contributed by atoms with Crippen LogP contribution in [-0.2, 0) is 0 Å². The summed E-state index contributed by atoms with van der Waals surface area (Å²) >= 11 is 0. The van der Waals surface area contributed by atoms with Gasteiger partial charge in [0.05, 0.1) is 33.1 Å². The van der Waals surface area contributed by atoms with Crippen LogP contribution in [0.1, 0.15) is 0 Å². The molecule has 0 spiro atoms. The fraction of sp³-hybridized carbons (Fsp3) is 0. The standard InChI is InChI=1S/C22H12N4/c1-2-6-14-12-18-17(11-13(14)5-1)25-21-15-7-3-9-23-19(15)20-16(22(21)26-18)8-4-10-24-20/h1-12H. The van der Waals surface area contributed by atoms with Gasteiger partial charge in [-0.2, -0.15) is 0 Å². The quantitative estimate of drug-likeness (QED) is 0.289. The minimum Gasteiger partial charge on any atom is -0.254 e. The van der Waals surface area contributed by atoms with E-state index < -0.39 is 0 Å². The number of hydrogen-bond donors (Lipinski definition) is 0. The normalized spacial score (nSPS) is 11.8. The molecule has 6 aromatic rings. The van der Waals surface area contributed by atoms with Gasteiger partial charge in [0.15, 0.2) is 0 Å². The molecule has 0 atom stereocenters. The van der Waals surface area contributed by atoms with Gasteiger partial charge in [0.2, 0.25) is 0 Å². The maximum absolute atomic E-state index is 4.98. The van der Waals surface area contributed by atoms with Gasteiger partial charge < -0.3 is 0 Å². The second-order valence-corrected chi connectivity index (χ2v) is 6.41. The molecular formula is C22H12N4. The highest BCUT2D eigenvalue weighted by atomic mass is 14.8. The molecule has 0 aliphatic rings. The Labute approximate surface area is 148 Å². The molecule has 0 aliphatic heterocycles. The van der Waals surface area contributed by atoms with E-state index in [1.54, 1.807) is 12.4 Å². The van der Waals surface area contributed by atoms with Gasteiger partial charge in [-0.25, -0.2) is 9.97 Å². The highest BCUT2D eigenvalue weighted by Crippen LogP contribution is 2.32. The van der Waals surface area contributed by atoms with Crippen molar-refractivity contribution in [2.75, 3.05) is 0 Å². The Morgan fingerprint density at radius 2 is 1.00 bits per heavy atom. The van der Waals surface area contributed by atoms with Gasteiger partial charge in [-0.1, -0.05) is 24.3 Å². The van der Waals surface area contributed by atoms with Crippen molar-refractivity contribution < 1.29 is 0 Å². The van der Waals surface area contributed by atoms with Crippen LogP contribution < -0.4 is 0 Å². The Kier molecular flexibility index (Phi) is 2.58. The first-order valence-electron chi connectivity index (χ1n) is 8.50. The van der Waals surface area contributed by atoms with Crippen molar-refractivity contribution in [1.29, 1.82) is 0 Å². The molecule has 0 aliphatic carbocycles. The second kappa shape index (κ2) is 4.92. The molecule has 6 rings (SSSR count). The lowest BCUT2D eigenvalue weighted by Crippen LogP contribution is -1.93. The van der Waals surface area contributed by atoms with Gasteiger partial charge >= 0.3 is 0 Å². The molecule has 0 bridgehead atoms. The molecule has 3 aromatic carbocycles. The van der Waals surface area contributed by atoms with Crippen molar-refractivity contribution in [1.82, 2.24) is 19.9 Å². The predicted octanol–water partition coefficient (Wildman–Crippen LogP) is 5.03. The van der Waals surface area contributed by atoms with Crippen LogP contribution in [0.3, 0.4) is 0 Å². The molecule has 0 saturated heterocycles. The van der Waals surface area contributed by atoms with Crippen LogP contribution in [0, 0.1) is 0 Å². The van der Waals surface area contributed by atoms with Gasteiger partial charge in [0.25, 0.3) is 0 Å². The molecule has 26 heavy (non-hydrogen) atoms. The summed E-state index contributed by atoms with van der Waals surface area (Å²) < 4.78 is 0. The van der Waals surface area contributed by atoms with E-state index in [4.69, 9.17) is 9.97 Å². The summed E-state index contributed by atoms with van der Waals surface area (Å²) in [6, 6.07) is 20.4. The van der Waals surface area contributed by atoms with Crippen molar-refractivity contribution in [2.45, 2.75) is 0 Å². The zero-order chi connectivity index (χ0) is 17.1. The average Bonchev–Trinajstić information content (AvgIpc) is 2.71. The Bertz CT molecular complexity index is 1370. The number of pyridine rings is 2. The molecule has 4 heteroatoms. The summed E-state index contributed by atoms with van der Waals surface area (Å²) in [5, 5.41) is 4.30. The SMILES string of the molecule is c1ccc2cc3nc4c5cccnc5c5ncccc5c4nc3cc2c1. The van der Waals surface area contributed by atoms with Crippen molar-refractivity contribution in [3.05, 3.63) is 73.1 Å². The predicted molar refractivity (Wildman–Crippen MR) is 105 cm³/mol. The third kappa shape index (κ3) is 1.78. The number of benzene rings is 3. The molecule has 0 unspecified atom stereocenters. The minimum atomic E-state index is 0.866. The summed E-state index contributed by atoms with van der Waals surface area (Å²) in [5.41, 5.74) is 5.26. The van der Waals surface area contributed by atoms with Crippen LogP contribution in [-0.4, -0.2) is 19.9 Å². The lowest BCUT2D eigenvalue weighted by Gasteiger charge is -2.09. The van der Waals surface area contributed by atoms with Crippen LogP contribution in [0.2, 0.25) is 0 Å². The van der Waals surface area contributed by atoms with Gasteiger partial charge in [0, 0.05) is 23.2 Å². The number of nitrogens with zero attached hydrogens (tertiary/aromatic N) is 4. The van der Waals surface area contributed by atoms with Crippen molar-refractivity contribution >= 4 is 54.6 Å². The second-order valence-electron chi connectivity index (χ2n) is 6.41. The third-order valence-corrected chi connectivity index (χ3v) is 4.88. The number of hydrogen-bond acceptors (Lipinski definition) is 4. The van der Waals surface area contributed by atoms with Gasteiger partial charge in [-0.15, -0.1) is 0 Å². The van der Waals surface area contributed by atoms with Gasteiger partial charge in [-0.05, 0) is 47.2 Å². The van der Waals surface area contributed by atoms with Crippen molar-refractivity contribution in [2.24, 2.45) is 0 Å². The monoisotopic (exact) mass is 332 g/mol. The summed E-state index contributed by atoms with van der Waals surface area (Å²) in [6.45, 7) is 0. The fourth-order valence-electron chi connectivity index (χ4n) is 3.69. The van der Waals surface area contributed by atoms with E-state index in [1.165, 1.54) is 10.8 Å². The third-order valence-electron chi connectivity index (χ3n) is 4.88. The summed E-state index contributed by atoms with van der Waals surface area (Å²) in [6.07, 6.45) is 3.59. The van der Waals surface area contributed by atoms with Crippen LogP contribution in [0.4, 0.5) is 0 Å². The van der Waals surface area contributed by atoms with Crippen LogP contribution in [0.5, 0.6) is 0 Å². The zero-order valence-corrected chi connectivity index (χ0v) is 13.7. The first-order valence-corrected chi connectivity index (χ1v) is 8.50. The highest BCUT2D eigenvalue weighted by molar-refractivity contribution is 6.21. The maximum atomic E-state index is 4.98.